The fourth-order valence-corrected chi connectivity index (χ4v) is 9.02. The van der Waals surface area contributed by atoms with Gasteiger partial charge < -0.3 is 71.8 Å². The van der Waals surface area contributed by atoms with E-state index in [2.05, 4.69) is 93.7 Å². The second-order valence-corrected chi connectivity index (χ2v) is 20.8. The summed E-state index contributed by atoms with van der Waals surface area (Å²) in [6, 6.07) is 45.5. The number of nitrogen functional groups attached to an aromatic ring is 2. The molecule has 4 aromatic carbocycles. The van der Waals surface area contributed by atoms with Crippen molar-refractivity contribution in [3.8, 4) is 45.5 Å². The lowest BCUT2D eigenvalue weighted by atomic mass is 10.1. The van der Waals surface area contributed by atoms with Crippen molar-refractivity contribution in [2.75, 3.05) is 64.7 Å². The number of phenolic OH excluding ortho intramolecular Hbond substituents is 1. The van der Waals surface area contributed by atoms with E-state index in [-0.39, 0.29) is 17.8 Å². The van der Waals surface area contributed by atoms with Crippen LogP contribution in [0.25, 0.3) is 44.3 Å². The molecular weight excluding hydrogens is 1290 g/mol. The Hall–Kier alpha value is -11.6. The van der Waals surface area contributed by atoms with Crippen molar-refractivity contribution in [1.82, 2.24) is 39.0 Å². The fraction of sp³-hybridized carbons (Fsp3) is 0.0758. The van der Waals surface area contributed by atoms with Gasteiger partial charge in [0.15, 0.2) is 0 Å². The summed E-state index contributed by atoms with van der Waals surface area (Å²) in [5, 5.41) is 28.1. The normalized spacial score (nSPS) is 10.2. The molecule has 0 bridgehead atoms. The highest BCUT2D eigenvalue weighted by Gasteiger charge is 2.14. The number of nitrogens with two attached hydrogens (primary N) is 2. The van der Waals surface area contributed by atoms with Gasteiger partial charge in [0.25, 0.3) is 0 Å². The molecule has 462 valence electrons. The molecule has 0 aliphatic heterocycles. The first-order valence-electron chi connectivity index (χ1n) is 27.5. The minimum atomic E-state index is -0.456. The number of halogens is 2. The smallest absolute Gasteiger partial charge is 0.323 e. The summed E-state index contributed by atoms with van der Waals surface area (Å²) in [4.78, 5) is 61.4. The van der Waals surface area contributed by atoms with Crippen LogP contribution in [0.2, 0.25) is 0 Å². The number of ether oxygens (including phenoxy) is 3. The van der Waals surface area contributed by atoms with Gasteiger partial charge in [-0.25, -0.2) is 24.4 Å². The molecule has 12 rings (SSSR count). The van der Waals surface area contributed by atoms with E-state index in [0.29, 0.717) is 61.6 Å². The second-order valence-electron chi connectivity index (χ2n) is 19.1. The van der Waals surface area contributed by atoms with Gasteiger partial charge in [0, 0.05) is 60.8 Å². The monoisotopic (exact) mass is 1350 g/mol. The van der Waals surface area contributed by atoms with Crippen molar-refractivity contribution >= 4 is 117 Å². The molecule has 0 unspecified atom stereocenters. The number of aromatic nitrogens is 8. The van der Waals surface area contributed by atoms with E-state index >= 15 is 0 Å². The molecule has 0 aliphatic rings. The number of para-hydroxylation sites is 8. The Morgan fingerprint density at radius 1 is 0.440 bits per heavy atom. The maximum Gasteiger partial charge on any atom is 0.323 e. The van der Waals surface area contributed by atoms with Gasteiger partial charge in [-0.05, 0) is 141 Å². The number of nitrogens with zero attached hydrogens (tertiary/aromatic N) is 8. The zero-order valence-corrected chi connectivity index (χ0v) is 52.8. The summed E-state index contributed by atoms with van der Waals surface area (Å²) < 4.78 is 20.9. The molecule has 8 heterocycles. The first-order valence-corrected chi connectivity index (χ1v) is 29.0. The predicted molar refractivity (Wildman–Crippen MR) is 366 cm³/mol. The van der Waals surface area contributed by atoms with Gasteiger partial charge >= 0.3 is 18.1 Å². The predicted octanol–water partition coefficient (Wildman–Crippen LogP) is 14.5. The van der Waals surface area contributed by atoms with Gasteiger partial charge in [0.1, 0.15) is 32.2 Å². The minimum Gasteiger partial charge on any atom is -0.506 e. The standard InChI is InChI=1S/C21H19N5O2.C20H17N5O2.C13H12BrN3O2.C7H9NO.C5H5BrN2/c1-26-13-16(15-9-10-22-12-19(15)26)17-8-7-14(11-23-17)24-21(27)25-18-5-3-4-6-20(18)28-2;1-25-12-15(14-8-9-21-11-18(14)25)16-7-6-13(10-22-16)23-20(27)24-17-4-2-3-5-19(17)26;1-19-11-5-3-2-4-10(11)17-13(18)16-9-6-7-12(14)15-8-9;1-9-7-5-3-2-4-6(7)8;6-5-2-1-4(7)3-8-5/h3-13H,1-2H3,(H2,24,25,27);2-12,26H,1H3,(H2,23,24,27);2-8H,1H3,(H2,16,17,18);2-5H,8H2,1H3;1-3H,7H2. The molecule has 0 atom stereocenters. The summed E-state index contributed by atoms with van der Waals surface area (Å²) >= 11 is 6.41. The molecule has 23 nitrogen and oxygen atoms in total. The highest BCUT2D eigenvalue weighted by atomic mass is 79.9. The number of nitrogens with one attached hydrogen (secondary N) is 6. The second kappa shape index (κ2) is 32.4. The molecule has 0 fully saturated rings. The number of aryl methyl sites for hydroxylation is 2. The van der Waals surface area contributed by atoms with Crippen molar-refractivity contribution in [2.24, 2.45) is 14.1 Å². The van der Waals surface area contributed by atoms with E-state index in [1.807, 2.05) is 121 Å². The van der Waals surface area contributed by atoms with Crippen LogP contribution in [0.15, 0.2) is 229 Å². The quantitative estimate of drug-likeness (QED) is 0.0330. The Morgan fingerprint density at radius 3 is 1.22 bits per heavy atom. The molecule has 11 N–H and O–H groups in total. The van der Waals surface area contributed by atoms with Crippen LogP contribution in [-0.4, -0.2) is 83.6 Å². The van der Waals surface area contributed by atoms with Crippen LogP contribution in [0.5, 0.6) is 23.0 Å². The lowest BCUT2D eigenvalue weighted by molar-refractivity contribution is 0.261. The maximum atomic E-state index is 12.3. The number of anilines is 8. The topological polar surface area (TPSA) is 311 Å². The highest BCUT2D eigenvalue weighted by Crippen LogP contribution is 2.32. The third-order valence-corrected chi connectivity index (χ3v) is 13.9. The molecule has 0 saturated heterocycles. The summed E-state index contributed by atoms with van der Waals surface area (Å²) in [7, 11) is 8.66. The Kier molecular flexibility index (Phi) is 23.3. The lowest BCUT2D eigenvalue weighted by Gasteiger charge is -2.11. The number of hydrogen-bond donors (Lipinski definition) is 9. The molecule has 0 spiro atoms. The number of carbonyl (C=O) groups is 3. The molecule has 0 saturated carbocycles. The van der Waals surface area contributed by atoms with Crippen molar-refractivity contribution in [2.45, 2.75) is 0 Å². The summed E-state index contributed by atoms with van der Waals surface area (Å²) in [5.41, 5.74) is 21.2. The van der Waals surface area contributed by atoms with E-state index in [4.69, 9.17) is 25.7 Å². The van der Waals surface area contributed by atoms with E-state index in [9.17, 15) is 19.5 Å². The van der Waals surface area contributed by atoms with Crippen molar-refractivity contribution < 1.29 is 33.7 Å². The molecule has 6 amide bonds. The van der Waals surface area contributed by atoms with Crippen LogP contribution in [0.3, 0.4) is 0 Å². The summed E-state index contributed by atoms with van der Waals surface area (Å²) in [6.07, 6.45) is 17.6. The number of urea groups is 3. The molecule has 25 heteroatoms. The number of benzene rings is 4. The number of hydrogen-bond acceptors (Lipinski definition) is 15. The molecule has 91 heavy (non-hydrogen) atoms. The van der Waals surface area contributed by atoms with E-state index in [1.165, 1.54) is 6.07 Å². The summed E-state index contributed by atoms with van der Waals surface area (Å²) in [6.45, 7) is 0. The molecule has 8 aromatic heterocycles. The van der Waals surface area contributed by atoms with Crippen LogP contribution >= 0.6 is 31.9 Å². The number of fused-ring (bicyclic) bond motifs is 2. The van der Waals surface area contributed by atoms with E-state index in [0.717, 1.165) is 54.7 Å². The van der Waals surface area contributed by atoms with Crippen LogP contribution in [-0.2, 0) is 14.1 Å². The first kappa shape index (κ1) is 65.4. The van der Waals surface area contributed by atoms with Crippen molar-refractivity contribution in [1.29, 1.82) is 0 Å². The maximum absolute atomic E-state index is 12.3. The van der Waals surface area contributed by atoms with Gasteiger partial charge in [-0.3, -0.25) is 19.9 Å². The number of pyridine rings is 6. The number of methoxy groups -OCH3 is 3. The van der Waals surface area contributed by atoms with Crippen molar-refractivity contribution in [3.05, 3.63) is 229 Å². The average Bonchev–Trinajstić information content (AvgIpc) is 1.94. The van der Waals surface area contributed by atoms with Gasteiger partial charge in [-0.2, -0.15) is 0 Å². The highest BCUT2D eigenvalue weighted by molar-refractivity contribution is 9.10. The molecular formula is C66H62Br2N16O7. The first-order chi connectivity index (χ1) is 44.1. The fourth-order valence-electron chi connectivity index (χ4n) is 8.55. The molecule has 12 aromatic rings. The van der Waals surface area contributed by atoms with Gasteiger partial charge in [-0.1, -0.05) is 48.5 Å². The SMILES string of the molecule is COc1ccccc1N.COc1ccccc1NC(=O)Nc1ccc(-c2cn(C)c3cnccc23)nc1.COc1ccccc1NC(=O)Nc1ccc(Br)nc1.Cn1cc(-c2ccc(NC(=O)Nc3ccccc3O)cn2)c2ccncc21.Nc1ccc(Br)nc1. The number of rotatable bonds is 11. The molecule has 0 radical (unpaired) electrons. The third-order valence-electron chi connectivity index (χ3n) is 12.9. The Labute approximate surface area is 540 Å². The van der Waals surface area contributed by atoms with Crippen LogP contribution in [0.1, 0.15) is 0 Å². The van der Waals surface area contributed by atoms with Crippen LogP contribution < -0.4 is 57.6 Å². The van der Waals surface area contributed by atoms with Gasteiger partial charge in [0.2, 0.25) is 0 Å². The number of carbonyl (C=O) groups excluding carboxylic acids is 3. The van der Waals surface area contributed by atoms with Crippen LogP contribution in [0, 0.1) is 0 Å². The molecule has 0 aliphatic carbocycles. The Morgan fingerprint density at radius 2 is 0.835 bits per heavy atom. The Balaban J connectivity index is 0.000000157. The minimum absolute atomic E-state index is 0.00608. The van der Waals surface area contributed by atoms with E-state index in [1.54, 1.807) is 137 Å². The number of phenols is 1. The largest absolute Gasteiger partial charge is 0.506 e. The zero-order valence-electron chi connectivity index (χ0n) is 49.7. The summed E-state index contributed by atoms with van der Waals surface area (Å²) in [5.74, 6) is 1.94. The number of amides is 6. The lowest BCUT2D eigenvalue weighted by Crippen LogP contribution is -2.19. The van der Waals surface area contributed by atoms with Crippen LogP contribution in [0.4, 0.5) is 59.9 Å². The van der Waals surface area contributed by atoms with Crippen molar-refractivity contribution in [3.63, 3.8) is 0 Å². The zero-order chi connectivity index (χ0) is 64.7. The van der Waals surface area contributed by atoms with E-state index < -0.39 is 6.03 Å². The Bertz CT molecular complexity index is 4350. The van der Waals surface area contributed by atoms with Gasteiger partial charge in [-0.15, -0.1) is 0 Å². The number of aromatic hydroxyl groups is 1. The third kappa shape index (κ3) is 18.7. The van der Waals surface area contributed by atoms with Gasteiger partial charge in [0.05, 0.1) is 126 Å². The average molecular weight is 1350 g/mol.